The zero-order chi connectivity index (χ0) is 13.7. The molecule has 2 rings (SSSR count). The van der Waals surface area contributed by atoms with Gasteiger partial charge in [-0.1, -0.05) is 0 Å². The Kier molecular flexibility index (Phi) is 4.50. The van der Waals surface area contributed by atoms with E-state index in [1.54, 1.807) is 31.4 Å². The topological polar surface area (TPSA) is 62.6 Å². The van der Waals surface area contributed by atoms with E-state index in [0.29, 0.717) is 31.8 Å². The molecular formula is C14H16N2O3. The van der Waals surface area contributed by atoms with E-state index in [0.717, 1.165) is 5.75 Å². The molecule has 5 nitrogen and oxygen atoms in total. The second-order valence-electron chi connectivity index (χ2n) is 4.38. The van der Waals surface area contributed by atoms with Gasteiger partial charge in [-0.3, -0.25) is 9.69 Å². The Morgan fingerprint density at radius 3 is 2.89 bits per heavy atom. The van der Waals surface area contributed by atoms with Gasteiger partial charge in [0, 0.05) is 18.7 Å². The third-order valence-electron chi connectivity index (χ3n) is 3.07. The van der Waals surface area contributed by atoms with Crippen molar-refractivity contribution in [2.75, 3.05) is 33.4 Å². The van der Waals surface area contributed by atoms with Crippen LogP contribution in [0.3, 0.4) is 0 Å². The second kappa shape index (κ2) is 6.32. The Morgan fingerprint density at radius 1 is 1.53 bits per heavy atom. The van der Waals surface area contributed by atoms with E-state index in [4.69, 9.17) is 14.7 Å². The molecule has 0 radical (unpaired) electrons. The van der Waals surface area contributed by atoms with Crippen LogP contribution in [0.25, 0.3) is 0 Å². The number of nitrogens with zero attached hydrogens (tertiary/aromatic N) is 2. The summed E-state index contributed by atoms with van der Waals surface area (Å²) >= 11 is 0. The molecule has 0 bridgehead atoms. The van der Waals surface area contributed by atoms with Gasteiger partial charge in [0.1, 0.15) is 5.75 Å². The van der Waals surface area contributed by atoms with Crippen molar-refractivity contribution < 1.29 is 14.3 Å². The maximum absolute atomic E-state index is 12.1. The van der Waals surface area contributed by atoms with Crippen molar-refractivity contribution in [2.24, 2.45) is 0 Å². The van der Waals surface area contributed by atoms with Crippen LogP contribution in [-0.4, -0.2) is 50.1 Å². The van der Waals surface area contributed by atoms with Gasteiger partial charge in [-0.2, -0.15) is 5.26 Å². The Balaban J connectivity index is 1.94. The van der Waals surface area contributed by atoms with Crippen LogP contribution in [0.2, 0.25) is 0 Å². The Labute approximate surface area is 112 Å². The number of hydrogen-bond acceptors (Lipinski definition) is 5. The van der Waals surface area contributed by atoms with Gasteiger partial charge in [-0.25, -0.2) is 0 Å². The number of hydrogen-bond donors (Lipinski definition) is 0. The first-order valence-electron chi connectivity index (χ1n) is 6.14. The molecule has 0 N–H and O–H groups in total. The third-order valence-corrected chi connectivity index (χ3v) is 3.07. The summed E-state index contributed by atoms with van der Waals surface area (Å²) in [6, 6.07) is 9.11. The summed E-state index contributed by atoms with van der Waals surface area (Å²) in [6.07, 6.45) is -0.433. The Morgan fingerprint density at radius 2 is 2.26 bits per heavy atom. The molecule has 1 aliphatic heterocycles. The van der Waals surface area contributed by atoms with Gasteiger partial charge in [-0.15, -0.1) is 0 Å². The molecule has 19 heavy (non-hydrogen) atoms. The van der Waals surface area contributed by atoms with Gasteiger partial charge >= 0.3 is 0 Å². The van der Waals surface area contributed by atoms with Crippen LogP contribution in [0.4, 0.5) is 0 Å². The number of ketones is 1. The number of nitriles is 1. The molecular weight excluding hydrogens is 244 g/mol. The number of morpholine rings is 1. The van der Waals surface area contributed by atoms with Crippen molar-refractivity contribution in [3.63, 3.8) is 0 Å². The van der Waals surface area contributed by atoms with Crippen LogP contribution in [0, 0.1) is 11.3 Å². The van der Waals surface area contributed by atoms with Crippen LogP contribution in [0.5, 0.6) is 5.75 Å². The van der Waals surface area contributed by atoms with E-state index < -0.39 is 6.10 Å². The number of rotatable bonds is 4. The fourth-order valence-electron chi connectivity index (χ4n) is 2.00. The molecule has 1 fully saturated rings. The fourth-order valence-corrected chi connectivity index (χ4v) is 2.00. The standard InChI is InChI=1S/C14H16N2O3/c1-18-12-4-2-11(3-5-12)14(17)10-16-6-7-19-13(8-15)9-16/h2-5,13H,6-7,9-10H2,1H3. The minimum atomic E-state index is -0.433. The minimum absolute atomic E-state index is 0.0428. The first-order chi connectivity index (χ1) is 9.22. The number of ether oxygens (including phenoxy) is 2. The van der Waals surface area contributed by atoms with Crippen LogP contribution in [0.15, 0.2) is 24.3 Å². The van der Waals surface area contributed by atoms with E-state index in [9.17, 15) is 4.79 Å². The highest BCUT2D eigenvalue weighted by atomic mass is 16.5. The lowest BCUT2D eigenvalue weighted by Crippen LogP contribution is -2.44. The summed E-state index contributed by atoms with van der Waals surface area (Å²) in [5, 5.41) is 8.82. The first-order valence-corrected chi connectivity index (χ1v) is 6.14. The molecule has 100 valence electrons. The molecule has 1 heterocycles. The highest BCUT2D eigenvalue weighted by Gasteiger charge is 2.22. The highest BCUT2D eigenvalue weighted by molar-refractivity contribution is 5.97. The lowest BCUT2D eigenvalue weighted by molar-refractivity contribution is 0.00241. The van der Waals surface area contributed by atoms with Crippen molar-refractivity contribution in [2.45, 2.75) is 6.10 Å². The summed E-state index contributed by atoms with van der Waals surface area (Å²) in [6.45, 7) is 1.97. The van der Waals surface area contributed by atoms with Gasteiger partial charge < -0.3 is 9.47 Å². The summed E-state index contributed by atoms with van der Waals surface area (Å²) < 4.78 is 10.3. The van der Waals surface area contributed by atoms with Gasteiger partial charge in [-0.05, 0) is 24.3 Å². The molecule has 1 aromatic rings. The summed E-state index contributed by atoms with van der Waals surface area (Å²) in [4.78, 5) is 14.0. The predicted molar refractivity (Wildman–Crippen MR) is 69.1 cm³/mol. The first kappa shape index (κ1) is 13.5. The normalized spacial score (nSPS) is 19.7. The molecule has 0 aromatic heterocycles. The predicted octanol–water partition coefficient (Wildman–Crippen LogP) is 1.10. The van der Waals surface area contributed by atoms with E-state index in [-0.39, 0.29) is 5.78 Å². The van der Waals surface area contributed by atoms with E-state index in [2.05, 4.69) is 6.07 Å². The SMILES string of the molecule is COc1ccc(C(=O)CN2CCOC(C#N)C2)cc1. The summed E-state index contributed by atoms with van der Waals surface area (Å²) in [5.74, 6) is 0.772. The fraction of sp³-hybridized carbons (Fsp3) is 0.429. The van der Waals surface area contributed by atoms with E-state index >= 15 is 0 Å². The van der Waals surface area contributed by atoms with Gasteiger partial charge in [0.05, 0.1) is 26.3 Å². The largest absolute Gasteiger partial charge is 0.497 e. The monoisotopic (exact) mass is 260 g/mol. The van der Waals surface area contributed by atoms with Crippen molar-refractivity contribution in [1.82, 2.24) is 4.90 Å². The zero-order valence-electron chi connectivity index (χ0n) is 10.8. The van der Waals surface area contributed by atoms with Gasteiger partial charge in [0.15, 0.2) is 11.9 Å². The Hall–Kier alpha value is -1.90. The highest BCUT2D eigenvalue weighted by Crippen LogP contribution is 2.13. The van der Waals surface area contributed by atoms with Crippen molar-refractivity contribution in [3.05, 3.63) is 29.8 Å². The molecule has 0 amide bonds. The molecule has 1 aromatic carbocycles. The molecule has 1 aliphatic rings. The lowest BCUT2D eigenvalue weighted by Gasteiger charge is -2.28. The van der Waals surface area contributed by atoms with Crippen LogP contribution >= 0.6 is 0 Å². The molecule has 0 spiro atoms. The van der Waals surface area contributed by atoms with Gasteiger partial charge in [0.25, 0.3) is 0 Å². The number of benzene rings is 1. The van der Waals surface area contributed by atoms with Gasteiger partial charge in [0.2, 0.25) is 0 Å². The molecule has 0 saturated carbocycles. The van der Waals surface area contributed by atoms with E-state index in [1.807, 2.05) is 4.90 Å². The van der Waals surface area contributed by atoms with Crippen molar-refractivity contribution in [1.29, 1.82) is 5.26 Å². The molecule has 0 aliphatic carbocycles. The summed E-state index contributed by atoms with van der Waals surface area (Å²) in [5.41, 5.74) is 0.654. The lowest BCUT2D eigenvalue weighted by atomic mass is 10.1. The zero-order valence-corrected chi connectivity index (χ0v) is 10.8. The maximum atomic E-state index is 12.1. The van der Waals surface area contributed by atoms with Crippen LogP contribution in [0.1, 0.15) is 10.4 Å². The number of carbonyl (C=O) groups excluding carboxylic acids is 1. The molecule has 5 heteroatoms. The smallest absolute Gasteiger partial charge is 0.176 e. The molecule has 1 saturated heterocycles. The second-order valence-corrected chi connectivity index (χ2v) is 4.38. The number of methoxy groups -OCH3 is 1. The number of carbonyl (C=O) groups is 1. The minimum Gasteiger partial charge on any atom is -0.497 e. The average Bonchev–Trinajstić information content (AvgIpc) is 2.47. The third kappa shape index (κ3) is 3.53. The molecule has 1 unspecified atom stereocenters. The van der Waals surface area contributed by atoms with Crippen LogP contribution < -0.4 is 4.74 Å². The average molecular weight is 260 g/mol. The Bertz CT molecular complexity index is 478. The quantitative estimate of drug-likeness (QED) is 0.759. The summed E-state index contributed by atoms with van der Waals surface area (Å²) in [7, 11) is 1.59. The van der Waals surface area contributed by atoms with Crippen LogP contribution in [-0.2, 0) is 4.74 Å². The van der Waals surface area contributed by atoms with E-state index in [1.165, 1.54) is 0 Å². The maximum Gasteiger partial charge on any atom is 0.176 e. The van der Waals surface area contributed by atoms with Crippen molar-refractivity contribution in [3.8, 4) is 11.8 Å². The van der Waals surface area contributed by atoms with Crippen molar-refractivity contribution >= 4 is 5.78 Å². The molecule has 1 atom stereocenters. The number of Topliss-reactive ketones (excluding diaryl/α,β-unsaturated/α-hetero) is 1.